The summed E-state index contributed by atoms with van der Waals surface area (Å²) in [5, 5.41) is 4.28. The van der Waals surface area contributed by atoms with E-state index in [1.165, 1.54) is 6.20 Å². The predicted molar refractivity (Wildman–Crippen MR) is 68.1 cm³/mol. The molecule has 0 radical (unpaired) electrons. The molecule has 0 aromatic carbocycles. The second kappa shape index (κ2) is 4.41. The van der Waals surface area contributed by atoms with Crippen molar-refractivity contribution in [2.24, 2.45) is 7.05 Å². The van der Waals surface area contributed by atoms with Crippen LogP contribution in [0.2, 0.25) is 0 Å². The number of aryl methyl sites for hydroxylation is 1. The minimum Gasteiger partial charge on any atom is -0.263 e. The lowest BCUT2D eigenvalue weighted by atomic mass is 10.4. The molecule has 7 heteroatoms. The SMILES string of the molecule is Cn1nc(C2CC2)nc1CS(=O)(=O)c1cccnc1. The number of hydrogen-bond acceptors (Lipinski definition) is 5. The number of nitrogens with zero attached hydrogens (tertiary/aromatic N) is 4. The zero-order valence-electron chi connectivity index (χ0n) is 10.5. The summed E-state index contributed by atoms with van der Waals surface area (Å²) in [4.78, 5) is 8.39. The molecule has 1 aliphatic rings. The van der Waals surface area contributed by atoms with Crippen LogP contribution < -0.4 is 0 Å². The van der Waals surface area contributed by atoms with Gasteiger partial charge in [0.15, 0.2) is 15.7 Å². The fourth-order valence-corrected chi connectivity index (χ4v) is 3.13. The van der Waals surface area contributed by atoms with Crippen LogP contribution in [0.25, 0.3) is 0 Å². The smallest absolute Gasteiger partial charge is 0.187 e. The van der Waals surface area contributed by atoms with E-state index >= 15 is 0 Å². The highest BCUT2D eigenvalue weighted by Crippen LogP contribution is 2.38. The van der Waals surface area contributed by atoms with Gasteiger partial charge in [0.1, 0.15) is 11.6 Å². The highest BCUT2D eigenvalue weighted by atomic mass is 32.2. The van der Waals surface area contributed by atoms with Crippen molar-refractivity contribution in [2.45, 2.75) is 29.4 Å². The molecule has 1 aliphatic carbocycles. The van der Waals surface area contributed by atoms with Crippen molar-refractivity contribution in [2.75, 3.05) is 0 Å². The van der Waals surface area contributed by atoms with Gasteiger partial charge in [-0.2, -0.15) is 5.10 Å². The maximum Gasteiger partial charge on any atom is 0.187 e. The van der Waals surface area contributed by atoms with Gasteiger partial charge in [-0.1, -0.05) is 0 Å². The van der Waals surface area contributed by atoms with Gasteiger partial charge in [0.05, 0.1) is 4.90 Å². The summed E-state index contributed by atoms with van der Waals surface area (Å²) in [5.74, 6) is 1.51. The lowest BCUT2D eigenvalue weighted by Gasteiger charge is -2.02. The van der Waals surface area contributed by atoms with Crippen molar-refractivity contribution in [1.29, 1.82) is 0 Å². The first-order valence-electron chi connectivity index (χ1n) is 6.09. The summed E-state index contributed by atoms with van der Waals surface area (Å²) in [6.07, 6.45) is 5.09. The first-order valence-corrected chi connectivity index (χ1v) is 7.74. The topological polar surface area (TPSA) is 77.7 Å². The van der Waals surface area contributed by atoms with Gasteiger partial charge in [-0.15, -0.1) is 0 Å². The molecule has 0 atom stereocenters. The van der Waals surface area contributed by atoms with Gasteiger partial charge in [-0.05, 0) is 25.0 Å². The molecule has 0 bridgehead atoms. The Kier molecular flexibility index (Phi) is 2.85. The van der Waals surface area contributed by atoms with Crippen LogP contribution in [-0.2, 0) is 22.6 Å². The zero-order chi connectivity index (χ0) is 13.5. The third-order valence-corrected chi connectivity index (χ3v) is 4.72. The van der Waals surface area contributed by atoms with E-state index < -0.39 is 9.84 Å². The number of pyridine rings is 1. The van der Waals surface area contributed by atoms with Crippen LogP contribution in [0.5, 0.6) is 0 Å². The van der Waals surface area contributed by atoms with Crippen LogP contribution in [0.1, 0.15) is 30.4 Å². The Bertz CT molecular complexity index is 690. The standard InChI is InChI=1S/C12H14N4O2S/c1-16-11(14-12(15-16)9-4-5-9)8-19(17,18)10-3-2-6-13-7-10/h2-3,6-7,9H,4-5,8H2,1H3. The molecule has 2 aromatic rings. The maximum atomic E-state index is 12.2. The van der Waals surface area contributed by atoms with E-state index in [1.807, 2.05) is 0 Å². The molecular formula is C12H14N4O2S. The van der Waals surface area contributed by atoms with Gasteiger partial charge in [-0.3, -0.25) is 9.67 Å². The Labute approximate surface area is 111 Å². The lowest BCUT2D eigenvalue weighted by Crippen LogP contribution is -2.10. The predicted octanol–water partition coefficient (Wildman–Crippen LogP) is 1.06. The lowest BCUT2D eigenvalue weighted by molar-refractivity contribution is 0.590. The van der Waals surface area contributed by atoms with E-state index in [4.69, 9.17) is 0 Å². The van der Waals surface area contributed by atoms with Crippen LogP contribution in [-0.4, -0.2) is 28.2 Å². The van der Waals surface area contributed by atoms with E-state index in [1.54, 1.807) is 30.1 Å². The van der Waals surface area contributed by atoms with E-state index in [9.17, 15) is 8.42 Å². The van der Waals surface area contributed by atoms with Crippen molar-refractivity contribution in [1.82, 2.24) is 19.7 Å². The van der Waals surface area contributed by atoms with E-state index in [0.717, 1.165) is 18.7 Å². The Morgan fingerprint density at radius 1 is 1.42 bits per heavy atom. The summed E-state index contributed by atoms with van der Waals surface area (Å²) in [5.41, 5.74) is 0. The molecule has 0 N–H and O–H groups in total. The molecule has 0 amide bonds. The fraction of sp³-hybridized carbons (Fsp3) is 0.417. The molecule has 1 fully saturated rings. The zero-order valence-corrected chi connectivity index (χ0v) is 11.3. The average Bonchev–Trinajstić information content (AvgIpc) is 3.17. The van der Waals surface area contributed by atoms with E-state index in [-0.39, 0.29) is 10.6 Å². The Hall–Kier alpha value is -1.76. The van der Waals surface area contributed by atoms with Crippen LogP contribution in [0.15, 0.2) is 29.4 Å². The van der Waals surface area contributed by atoms with Crippen molar-refractivity contribution in [3.8, 4) is 0 Å². The van der Waals surface area contributed by atoms with E-state index in [2.05, 4.69) is 15.1 Å². The second-order valence-corrected chi connectivity index (χ2v) is 6.72. The third-order valence-electron chi connectivity index (χ3n) is 3.12. The highest BCUT2D eigenvalue weighted by molar-refractivity contribution is 7.90. The molecule has 2 heterocycles. The number of hydrogen-bond donors (Lipinski definition) is 0. The highest BCUT2D eigenvalue weighted by Gasteiger charge is 2.29. The van der Waals surface area contributed by atoms with Crippen molar-refractivity contribution in [3.05, 3.63) is 36.2 Å². The first-order chi connectivity index (χ1) is 9.06. The van der Waals surface area contributed by atoms with Crippen molar-refractivity contribution in [3.63, 3.8) is 0 Å². The Balaban J connectivity index is 1.88. The van der Waals surface area contributed by atoms with Gasteiger partial charge in [0.25, 0.3) is 0 Å². The summed E-state index contributed by atoms with van der Waals surface area (Å²) in [6.45, 7) is 0. The van der Waals surface area contributed by atoms with Crippen LogP contribution >= 0.6 is 0 Å². The molecule has 6 nitrogen and oxygen atoms in total. The number of sulfone groups is 1. The molecule has 3 rings (SSSR count). The normalized spacial score (nSPS) is 15.6. The van der Waals surface area contributed by atoms with Crippen molar-refractivity contribution < 1.29 is 8.42 Å². The molecule has 0 aliphatic heterocycles. The van der Waals surface area contributed by atoms with Gasteiger partial charge < -0.3 is 0 Å². The van der Waals surface area contributed by atoms with Crippen molar-refractivity contribution >= 4 is 9.84 Å². The van der Waals surface area contributed by atoms with Crippen LogP contribution in [0, 0.1) is 0 Å². The number of rotatable bonds is 4. The van der Waals surface area contributed by atoms with E-state index in [0.29, 0.717) is 11.7 Å². The maximum absolute atomic E-state index is 12.2. The third kappa shape index (κ3) is 2.51. The monoisotopic (exact) mass is 278 g/mol. The van der Waals surface area contributed by atoms with Crippen LogP contribution in [0.4, 0.5) is 0 Å². The van der Waals surface area contributed by atoms with Gasteiger partial charge in [-0.25, -0.2) is 13.4 Å². The summed E-state index contributed by atoms with van der Waals surface area (Å²) < 4.78 is 26.0. The minimum absolute atomic E-state index is 0.144. The summed E-state index contributed by atoms with van der Waals surface area (Å²) >= 11 is 0. The van der Waals surface area contributed by atoms with Gasteiger partial charge >= 0.3 is 0 Å². The molecule has 100 valence electrons. The first kappa shape index (κ1) is 12.3. The minimum atomic E-state index is -3.41. The molecule has 1 saturated carbocycles. The van der Waals surface area contributed by atoms with Crippen LogP contribution in [0.3, 0.4) is 0 Å². The summed E-state index contributed by atoms with van der Waals surface area (Å²) in [7, 11) is -1.68. The molecule has 0 saturated heterocycles. The summed E-state index contributed by atoms with van der Waals surface area (Å²) in [6, 6.07) is 3.15. The molecule has 0 spiro atoms. The average molecular weight is 278 g/mol. The molecular weight excluding hydrogens is 264 g/mol. The molecule has 2 aromatic heterocycles. The molecule has 0 unspecified atom stereocenters. The molecule has 19 heavy (non-hydrogen) atoms. The van der Waals surface area contributed by atoms with Gasteiger partial charge in [0, 0.05) is 25.4 Å². The largest absolute Gasteiger partial charge is 0.263 e. The quantitative estimate of drug-likeness (QED) is 0.835. The second-order valence-electron chi connectivity index (χ2n) is 4.73. The number of aromatic nitrogens is 4. The fourth-order valence-electron chi connectivity index (χ4n) is 1.86. The Morgan fingerprint density at radius 2 is 2.21 bits per heavy atom. The van der Waals surface area contributed by atoms with Gasteiger partial charge in [0.2, 0.25) is 0 Å². The Morgan fingerprint density at radius 3 is 2.84 bits per heavy atom.